The first-order chi connectivity index (χ1) is 14.0. The van der Waals surface area contributed by atoms with Crippen LogP contribution in [0.15, 0.2) is 84.9 Å². The summed E-state index contributed by atoms with van der Waals surface area (Å²) in [6, 6.07) is 26.7. The Hall–Kier alpha value is -3.40. The van der Waals surface area contributed by atoms with E-state index in [1.54, 1.807) is 24.3 Å². The summed E-state index contributed by atoms with van der Waals surface area (Å²) in [5.74, 6) is -0.201. The molecular weight excluding hydrogens is 360 g/mol. The van der Waals surface area contributed by atoms with Crippen molar-refractivity contribution in [1.82, 2.24) is 0 Å². The van der Waals surface area contributed by atoms with Gasteiger partial charge in [-0.2, -0.15) is 0 Å². The van der Waals surface area contributed by atoms with Crippen molar-refractivity contribution in [2.24, 2.45) is 5.92 Å². The lowest BCUT2D eigenvalue weighted by molar-refractivity contribution is -0.117. The molecule has 29 heavy (non-hydrogen) atoms. The molecule has 0 bridgehead atoms. The SMILES string of the molecule is CC(C)CC(=O)Nc1ccc(NC(=O)C(c2ccccc2)c2ccccc2)cc1. The molecule has 3 aromatic rings. The Morgan fingerprint density at radius 1 is 0.690 bits per heavy atom. The highest BCUT2D eigenvalue weighted by molar-refractivity contribution is 5.98. The molecule has 0 aromatic heterocycles. The normalized spacial score (nSPS) is 10.8. The molecule has 0 unspecified atom stereocenters. The third-order valence-corrected chi connectivity index (χ3v) is 4.56. The van der Waals surface area contributed by atoms with Crippen LogP contribution in [0.2, 0.25) is 0 Å². The maximum atomic E-state index is 13.1. The van der Waals surface area contributed by atoms with Crippen LogP contribution in [0, 0.1) is 5.92 Å². The number of hydrogen-bond acceptors (Lipinski definition) is 2. The Labute approximate surface area is 172 Å². The highest BCUT2D eigenvalue weighted by Gasteiger charge is 2.22. The van der Waals surface area contributed by atoms with Gasteiger partial charge < -0.3 is 10.6 Å². The number of benzene rings is 3. The third kappa shape index (κ3) is 5.79. The first kappa shape index (κ1) is 20.3. The van der Waals surface area contributed by atoms with E-state index in [0.717, 1.165) is 16.8 Å². The molecule has 148 valence electrons. The van der Waals surface area contributed by atoms with Crippen molar-refractivity contribution >= 4 is 23.2 Å². The summed E-state index contributed by atoms with van der Waals surface area (Å²) in [6.07, 6.45) is 0.480. The maximum absolute atomic E-state index is 13.1. The minimum absolute atomic E-state index is 0.00925. The smallest absolute Gasteiger partial charge is 0.236 e. The van der Waals surface area contributed by atoms with Crippen molar-refractivity contribution in [3.05, 3.63) is 96.1 Å². The molecule has 0 aliphatic heterocycles. The molecule has 0 atom stereocenters. The van der Waals surface area contributed by atoms with Gasteiger partial charge >= 0.3 is 0 Å². The Bertz CT molecular complexity index is 896. The fourth-order valence-electron chi connectivity index (χ4n) is 3.22. The first-order valence-electron chi connectivity index (χ1n) is 9.83. The monoisotopic (exact) mass is 386 g/mol. The lowest BCUT2D eigenvalue weighted by atomic mass is 9.90. The average molecular weight is 386 g/mol. The number of rotatable bonds is 7. The van der Waals surface area contributed by atoms with Gasteiger partial charge in [0.15, 0.2) is 0 Å². The predicted octanol–water partition coefficient (Wildman–Crippen LogP) is 5.44. The second-order valence-electron chi connectivity index (χ2n) is 7.47. The third-order valence-electron chi connectivity index (χ3n) is 4.56. The highest BCUT2D eigenvalue weighted by atomic mass is 16.2. The molecule has 0 fully saturated rings. The van der Waals surface area contributed by atoms with Crippen LogP contribution in [0.25, 0.3) is 0 Å². The van der Waals surface area contributed by atoms with E-state index in [1.165, 1.54) is 0 Å². The van der Waals surface area contributed by atoms with Crippen molar-refractivity contribution < 1.29 is 9.59 Å². The zero-order valence-electron chi connectivity index (χ0n) is 16.8. The van der Waals surface area contributed by atoms with Gasteiger partial charge in [0.1, 0.15) is 0 Å². The molecule has 0 spiro atoms. The second-order valence-corrected chi connectivity index (χ2v) is 7.47. The lowest BCUT2D eigenvalue weighted by Crippen LogP contribution is -2.22. The van der Waals surface area contributed by atoms with Crippen molar-refractivity contribution in [2.45, 2.75) is 26.2 Å². The van der Waals surface area contributed by atoms with Crippen LogP contribution in [-0.2, 0) is 9.59 Å². The van der Waals surface area contributed by atoms with E-state index >= 15 is 0 Å². The standard InChI is InChI=1S/C25H26N2O2/c1-18(2)17-23(28)26-21-13-15-22(16-14-21)27-25(29)24(19-9-5-3-6-10-19)20-11-7-4-8-12-20/h3-16,18,24H,17H2,1-2H3,(H,26,28)(H,27,29). The van der Waals surface area contributed by atoms with Crippen molar-refractivity contribution in [1.29, 1.82) is 0 Å². The van der Waals surface area contributed by atoms with Gasteiger partial charge in [0.2, 0.25) is 11.8 Å². The summed E-state index contributed by atoms with van der Waals surface area (Å²) in [6.45, 7) is 4.02. The van der Waals surface area contributed by atoms with Crippen LogP contribution in [-0.4, -0.2) is 11.8 Å². The van der Waals surface area contributed by atoms with Crippen LogP contribution in [0.4, 0.5) is 11.4 Å². The van der Waals surface area contributed by atoms with E-state index in [1.807, 2.05) is 74.5 Å². The van der Waals surface area contributed by atoms with Gasteiger partial charge in [-0.3, -0.25) is 9.59 Å². The summed E-state index contributed by atoms with van der Waals surface area (Å²) < 4.78 is 0. The van der Waals surface area contributed by atoms with Gasteiger partial charge in [-0.05, 0) is 41.3 Å². The average Bonchev–Trinajstić information content (AvgIpc) is 2.71. The fraction of sp³-hybridized carbons (Fsp3) is 0.200. The predicted molar refractivity (Wildman–Crippen MR) is 118 cm³/mol. The summed E-state index contributed by atoms with van der Waals surface area (Å²) >= 11 is 0. The van der Waals surface area contributed by atoms with Crippen molar-refractivity contribution in [3.8, 4) is 0 Å². The van der Waals surface area contributed by atoms with E-state index < -0.39 is 5.92 Å². The van der Waals surface area contributed by atoms with Gasteiger partial charge in [0.05, 0.1) is 5.92 Å². The molecule has 0 heterocycles. The zero-order valence-corrected chi connectivity index (χ0v) is 16.8. The molecule has 0 aliphatic carbocycles. The Kier molecular flexibility index (Phi) is 6.80. The minimum atomic E-state index is -0.400. The Morgan fingerprint density at radius 2 is 1.14 bits per heavy atom. The molecule has 2 amide bonds. The van der Waals surface area contributed by atoms with E-state index in [9.17, 15) is 9.59 Å². The molecule has 2 N–H and O–H groups in total. The Balaban J connectivity index is 1.74. The minimum Gasteiger partial charge on any atom is -0.326 e. The highest BCUT2D eigenvalue weighted by Crippen LogP contribution is 2.26. The molecule has 0 aliphatic rings. The molecule has 0 radical (unpaired) electrons. The topological polar surface area (TPSA) is 58.2 Å². The number of anilines is 2. The fourth-order valence-corrected chi connectivity index (χ4v) is 3.22. The largest absolute Gasteiger partial charge is 0.326 e. The molecule has 4 heteroatoms. The van der Waals surface area contributed by atoms with Crippen LogP contribution in [0.5, 0.6) is 0 Å². The summed E-state index contributed by atoms with van der Waals surface area (Å²) in [4.78, 5) is 25.0. The van der Waals surface area contributed by atoms with E-state index in [-0.39, 0.29) is 11.8 Å². The molecule has 4 nitrogen and oxygen atoms in total. The molecule has 3 aromatic carbocycles. The van der Waals surface area contributed by atoms with Gasteiger partial charge in [-0.1, -0.05) is 74.5 Å². The van der Waals surface area contributed by atoms with E-state index in [4.69, 9.17) is 0 Å². The molecule has 0 saturated heterocycles. The first-order valence-corrected chi connectivity index (χ1v) is 9.83. The summed E-state index contributed by atoms with van der Waals surface area (Å²) in [7, 11) is 0. The van der Waals surface area contributed by atoms with Gasteiger partial charge in [-0.25, -0.2) is 0 Å². The number of nitrogens with one attached hydrogen (secondary N) is 2. The number of amides is 2. The second kappa shape index (κ2) is 9.69. The van der Waals surface area contributed by atoms with Crippen LogP contribution in [0.3, 0.4) is 0 Å². The number of carbonyl (C=O) groups excluding carboxylic acids is 2. The summed E-state index contributed by atoms with van der Waals surface area (Å²) in [5.41, 5.74) is 3.28. The van der Waals surface area contributed by atoms with Gasteiger partial charge in [-0.15, -0.1) is 0 Å². The van der Waals surface area contributed by atoms with Crippen molar-refractivity contribution in [3.63, 3.8) is 0 Å². The van der Waals surface area contributed by atoms with Crippen LogP contribution in [0.1, 0.15) is 37.3 Å². The van der Waals surface area contributed by atoms with Crippen molar-refractivity contribution in [2.75, 3.05) is 10.6 Å². The lowest BCUT2D eigenvalue weighted by Gasteiger charge is -2.18. The zero-order chi connectivity index (χ0) is 20.6. The van der Waals surface area contributed by atoms with Gasteiger partial charge in [0.25, 0.3) is 0 Å². The molecule has 3 rings (SSSR count). The molecule has 0 saturated carbocycles. The van der Waals surface area contributed by atoms with Crippen LogP contribution >= 0.6 is 0 Å². The maximum Gasteiger partial charge on any atom is 0.236 e. The summed E-state index contributed by atoms with van der Waals surface area (Å²) in [5, 5.41) is 5.88. The van der Waals surface area contributed by atoms with Crippen LogP contribution < -0.4 is 10.6 Å². The quantitative estimate of drug-likeness (QED) is 0.568. The van der Waals surface area contributed by atoms with Gasteiger partial charge in [0, 0.05) is 17.8 Å². The number of hydrogen-bond donors (Lipinski definition) is 2. The van der Waals surface area contributed by atoms with E-state index in [0.29, 0.717) is 18.0 Å². The van der Waals surface area contributed by atoms with E-state index in [2.05, 4.69) is 10.6 Å². The number of carbonyl (C=O) groups is 2. The molecular formula is C25H26N2O2. The Morgan fingerprint density at radius 3 is 1.59 bits per heavy atom.